The molecule has 2 N–H and O–H groups in total. The fraction of sp³-hybridized carbons (Fsp3) is 0.594. The second-order valence-electron chi connectivity index (χ2n) is 11.1. The first-order chi connectivity index (χ1) is 19.3. The van der Waals surface area contributed by atoms with E-state index in [1.165, 1.54) is 62.5 Å². The standard InChI is InChI=1S/C32H48NO6P/c1-38-31-21-19-30(20-22-31)26-33(23-24-39-40(35,36)37)32(34)18-7-3-6-14-28-16-10-17-29(25-28)15-9-8-13-27-11-4-2-5-12-27/h10,16-17,19-22,25,27H,2-9,11-15,18,23-24,26H2,1H3,(H2,35,36,37). The van der Waals surface area contributed by atoms with E-state index in [0.717, 1.165) is 49.3 Å². The number of hydrogen-bond donors (Lipinski definition) is 2. The Morgan fingerprint density at radius 1 is 0.900 bits per heavy atom. The molecule has 0 saturated heterocycles. The van der Waals surface area contributed by atoms with E-state index in [9.17, 15) is 9.36 Å². The summed E-state index contributed by atoms with van der Waals surface area (Å²) in [5.74, 6) is 1.65. The normalized spacial score (nSPS) is 14.3. The zero-order valence-corrected chi connectivity index (χ0v) is 25.0. The highest BCUT2D eigenvalue weighted by atomic mass is 31.2. The Morgan fingerprint density at radius 2 is 1.57 bits per heavy atom. The highest BCUT2D eigenvalue weighted by molar-refractivity contribution is 7.46. The van der Waals surface area contributed by atoms with Crippen molar-refractivity contribution in [2.45, 2.75) is 96.4 Å². The Morgan fingerprint density at radius 3 is 2.23 bits per heavy atom. The third-order valence-corrected chi connectivity index (χ3v) is 8.42. The van der Waals surface area contributed by atoms with Crippen LogP contribution in [0.4, 0.5) is 0 Å². The molecule has 222 valence electrons. The first-order valence-electron chi connectivity index (χ1n) is 15.0. The lowest BCUT2D eigenvalue weighted by atomic mass is 9.85. The van der Waals surface area contributed by atoms with Gasteiger partial charge in [-0.25, -0.2) is 4.57 Å². The van der Waals surface area contributed by atoms with Crippen molar-refractivity contribution in [2.24, 2.45) is 5.92 Å². The maximum atomic E-state index is 13.0. The van der Waals surface area contributed by atoms with Gasteiger partial charge in [0.05, 0.1) is 13.7 Å². The fourth-order valence-corrected chi connectivity index (χ4v) is 5.95. The summed E-state index contributed by atoms with van der Waals surface area (Å²) in [6.07, 6.45) is 16.5. The third kappa shape index (κ3) is 13.0. The first-order valence-corrected chi connectivity index (χ1v) is 16.5. The van der Waals surface area contributed by atoms with Crippen LogP contribution >= 0.6 is 7.82 Å². The number of hydrogen-bond acceptors (Lipinski definition) is 4. The van der Waals surface area contributed by atoms with Gasteiger partial charge in [-0.05, 0) is 66.8 Å². The quantitative estimate of drug-likeness (QED) is 0.144. The third-order valence-electron chi connectivity index (χ3n) is 7.91. The van der Waals surface area contributed by atoms with Crippen molar-refractivity contribution in [3.8, 4) is 5.75 Å². The van der Waals surface area contributed by atoms with Gasteiger partial charge < -0.3 is 19.4 Å². The SMILES string of the molecule is COc1ccc(CN(CCOP(=O)(O)O)C(=O)CCCCCc2cccc(CCCCC3CCCCC3)c2)cc1. The van der Waals surface area contributed by atoms with Crippen molar-refractivity contribution in [2.75, 3.05) is 20.3 Å². The molecule has 1 amide bonds. The minimum atomic E-state index is -4.58. The maximum absolute atomic E-state index is 13.0. The molecule has 1 saturated carbocycles. The summed E-state index contributed by atoms with van der Waals surface area (Å²) >= 11 is 0. The maximum Gasteiger partial charge on any atom is 0.469 e. The summed E-state index contributed by atoms with van der Waals surface area (Å²) in [5, 5.41) is 0. The van der Waals surface area contributed by atoms with E-state index in [4.69, 9.17) is 14.5 Å². The highest BCUT2D eigenvalue weighted by Crippen LogP contribution is 2.35. The monoisotopic (exact) mass is 573 g/mol. The van der Waals surface area contributed by atoms with Crippen LogP contribution in [-0.2, 0) is 33.3 Å². The van der Waals surface area contributed by atoms with Crippen LogP contribution in [0.15, 0.2) is 48.5 Å². The van der Waals surface area contributed by atoms with Gasteiger partial charge in [-0.15, -0.1) is 0 Å². The van der Waals surface area contributed by atoms with Gasteiger partial charge in [0, 0.05) is 19.5 Å². The lowest BCUT2D eigenvalue weighted by molar-refractivity contribution is -0.132. The Bertz CT molecular complexity index is 1050. The molecule has 2 aromatic carbocycles. The topological polar surface area (TPSA) is 96.3 Å². The Kier molecular flexibility index (Phi) is 14.2. The summed E-state index contributed by atoms with van der Waals surface area (Å²) in [6.45, 7) is 0.243. The van der Waals surface area contributed by atoms with Crippen LogP contribution in [0.1, 0.15) is 93.7 Å². The minimum Gasteiger partial charge on any atom is -0.497 e. The van der Waals surface area contributed by atoms with E-state index in [0.29, 0.717) is 13.0 Å². The van der Waals surface area contributed by atoms with Crippen molar-refractivity contribution in [1.82, 2.24) is 4.90 Å². The Labute approximate surface area is 240 Å². The van der Waals surface area contributed by atoms with Crippen LogP contribution in [0.5, 0.6) is 5.75 Å². The van der Waals surface area contributed by atoms with E-state index in [1.807, 2.05) is 24.3 Å². The van der Waals surface area contributed by atoms with Crippen molar-refractivity contribution >= 4 is 13.7 Å². The van der Waals surface area contributed by atoms with Gasteiger partial charge in [0.15, 0.2) is 0 Å². The Hall–Kier alpha value is -2.18. The van der Waals surface area contributed by atoms with Crippen LogP contribution in [0.2, 0.25) is 0 Å². The molecule has 0 heterocycles. The number of benzene rings is 2. The fourth-order valence-electron chi connectivity index (χ4n) is 5.63. The average molecular weight is 574 g/mol. The summed E-state index contributed by atoms with van der Waals surface area (Å²) in [5.41, 5.74) is 3.72. The van der Waals surface area contributed by atoms with Gasteiger partial charge in [0.2, 0.25) is 5.91 Å². The van der Waals surface area contributed by atoms with E-state index in [1.54, 1.807) is 12.0 Å². The summed E-state index contributed by atoms with van der Waals surface area (Å²) in [6, 6.07) is 16.4. The Balaban J connectivity index is 1.37. The summed E-state index contributed by atoms with van der Waals surface area (Å²) in [7, 11) is -2.98. The number of amides is 1. The average Bonchev–Trinajstić information content (AvgIpc) is 2.95. The first kappa shape index (κ1) is 32.3. The lowest BCUT2D eigenvalue weighted by Gasteiger charge is -2.23. The van der Waals surface area contributed by atoms with Gasteiger partial charge in [-0.2, -0.15) is 0 Å². The molecule has 0 bridgehead atoms. The lowest BCUT2D eigenvalue weighted by Crippen LogP contribution is -2.33. The van der Waals surface area contributed by atoms with E-state index in [-0.39, 0.29) is 19.1 Å². The largest absolute Gasteiger partial charge is 0.497 e. The van der Waals surface area contributed by atoms with Gasteiger partial charge in [-0.1, -0.05) is 87.8 Å². The van der Waals surface area contributed by atoms with Crippen molar-refractivity contribution < 1.29 is 28.4 Å². The van der Waals surface area contributed by atoms with Crippen LogP contribution < -0.4 is 4.74 Å². The molecular weight excluding hydrogens is 525 g/mol. The van der Waals surface area contributed by atoms with Crippen molar-refractivity contribution in [1.29, 1.82) is 0 Å². The highest BCUT2D eigenvalue weighted by Gasteiger charge is 2.18. The second kappa shape index (κ2) is 17.6. The number of aryl methyl sites for hydroxylation is 2. The summed E-state index contributed by atoms with van der Waals surface area (Å²) < 4.78 is 20.9. The zero-order chi connectivity index (χ0) is 28.6. The molecular formula is C32H48NO6P. The molecule has 0 aromatic heterocycles. The summed E-state index contributed by atoms with van der Waals surface area (Å²) in [4.78, 5) is 32.6. The second-order valence-corrected chi connectivity index (χ2v) is 12.4. The van der Waals surface area contributed by atoms with Crippen LogP contribution in [0.3, 0.4) is 0 Å². The number of carbonyl (C=O) groups excluding carboxylic acids is 1. The van der Waals surface area contributed by atoms with E-state index in [2.05, 4.69) is 28.8 Å². The number of phosphoric acid groups is 1. The predicted molar refractivity (Wildman–Crippen MR) is 159 cm³/mol. The molecule has 0 unspecified atom stereocenters. The zero-order valence-electron chi connectivity index (χ0n) is 24.1. The molecule has 7 nitrogen and oxygen atoms in total. The van der Waals surface area contributed by atoms with Crippen molar-refractivity contribution in [3.63, 3.8) is 0 Å². The van der Waals surface area contributed by atoms with Crippen LogP contribution in [0, 0.1) is 5.92 Å². The molecule has 2 aromatic rings. The van der Waals surface area contributed by atoms with Crippen LogP contribution in [0.25, 0.3) is 0 Å². The van der Waals surface area contributed by atoms with Crippen LogP contribution in [-0.4, -0.2) is 40.9 Å². The molecule has 40 heavy (non-hydrogen) atoms. The molecule has 0 radical (unpaired) electrons. The van der Waals surface area contributed by atoms with Gasteiger partial charge >= 0.3 is 7.82 Å². The van der Waals surface area contributed by atoms with E-state index >= 15 is 0 Å². The molecule has 3 rings (SSSR count). The number of phosphoric ester groups is 1. The number of methoxy groups -OCH3 is 1. The number of unbranched alkanes of at least 4 members (excludes halogenated alkanes) is 3. The number of carbonyl (C=O) groups is 1. The minimum absolute atomic E-state index is 0.0413. The van der Waals surface area contributed by atoms with Crippen molar-refractivity contribution in [3.05, 3.63) is 65.2 Å². The van der Waals surface area contributed by atoms with Gasteiger partial charge in [-0.3, -0.25) is 9.32 Å². The van der Waals surface area contributed by atoms with Gasteiger partial charge in [0.1, 0.15) is 5.75 Å². The van der Waals surface area contributed by atoms with E-state index < -0.39 is 7.82 Å². The molecule has 0 spiro atoms. The molecule has 8 heteroatoms. The number of nitrogens with zero attached hydrogens (tertiary/aromatic N) is 1. The molecule has 1 aliphatic rings. The molecule has 0 aliphatic heterocycles. The number of rotatable bonds is 18. The predicted octanol–water partition coefficient (Wildman–Crippen LogP) is 7.23. The smallest absolute Gasteiger partial charge is 0.469 e. The molecule has 1 fully saturated rings. The molecule has 1 aliphatic carbocycles. The molecule has 0 atom stereocenters. The van der Waals surface area contributed by atoms with Gasteiger partial charge in [0.25, 0.3) is 0 Å². The number of ether oxygens (including phenoxy) is 1.